The Bertz CT molecular complexity index is 554. The first-order valence-electron chi connectivity index (χ1n) is 7.45. The second-order valence-corrected chi connectivity index (χ2v) is 5.74. The summed E-state index contributed by atoms with van der Waals surface area (Å²) in [5.74, 6) is -0.486. The van der Waals surface area contributed by atoms with Gasteiger partial charge in [0.2, 0.25) is 0 Å². The predicted molar refractivity (Wildman–Crippen MR) is 81.3 cm³/mol. The number of nitrogens with one attached hydrogen (secondary N) is 2. The number of rotatable bonds is 3. The third-order valence-electron chi connectivity index (χ3n) is 3.99. The Morgan fingerprint density at radius 2 is 1.91 bits per heavy atom. The summed E-state index contributed by atoms with van der Waals surface area (Å²) in [4.78, 5) is 23.4. The average molecular weight is 308 g/mol. The van der Waals surface area contributed by atoms with E-state index in [0.717, 1.165) is 31.7 Å². The van der Waals surface area contributed by atoms with Crippen molar-refractivity contribution in [3.8, 4) is 0 Å². The molecule has 0 bridgehead atoms. The Morgan fingerprint density at radius 3 is 2.55 bits per heavy atom. The summed E-state index contributed by atoms with van der Waals surface area (Å²) in [6.45, 7) is 2.20. The number of benzene rings is 1. The fourth-order valence-corrected chi connectivity index (χ4v) is 2.61. The molecule has 0 unspecified atom stereocenters. The molecule has 0 saturated heterocycles. The summed E-state index contributed by atoms with van der Waals surface area (Å²) in [6, 6.07) is 3.36. The third-order valence-corrected chi connectivity index (χ3v) is 3.99. The molecule has 0 radical (unpaired) electrons. The Balaban J connectivity index is 1.97. The molecule has 0 aromatic heterocycles. The van der Waals surface area contributed by atoms with Gasteiger partial charge in [0.1, 0.15) is 5.82 Å². The predicted octanol–water partition coefficient (Wildman–Crippen LogP) is 3.31. The van der Waals surface area contributed by atoms with E-state index in [2.05, 4.69) is 22.3 Å². The minimum absolute atomic E-state index is 0.0374. The van der Waals surface area contributed by atoms with Crippen molar-refractivity contribution >= 4 is 17.7 Å². The molecule has 2 N–H and O–H groups in total. The smallest absolute Gasteiger partial charge is 0.337 e. The maximum atomic E-state index is 13.7. The number of carbonyl (C=O) groups excluding carboxylic acids is 2. The van der Waals surface area contributed by atoms with Crippen molar-refractivity contribution in [2.75, 3.05) is 12.4 Å². The molecule has 1 aliphatic carbocycles. The van der Waals surface area contributed by atoms with Crippen LogP contribution in [0.15, 0.2) is 18.2 Å². The molecule has 22 heavy (non-hydrogen) atoms. The summed E-state index contributed by atoms with van der Waals surface area (Å²) < 4.78 is 18.3. The summed E-state index contributed by atoms with van der Waals surface area (Å²) in [6.07, 6.45) is 4.02. The van der Waals surface area contributed by atoms with E-state index in [1.54, 1.807) is 0 Å². The molecule has 6 heteroatoms. The average Bonchev–Trinajstić information content (AvgIpc) is 2.51. The van der Waals surface area contributed by atoms with Crippen molar-refractivity contribution in [3.05, 3.63) is 29.6 Å². The molecule has 0 atom stereocenters. The molecule has 1 saturated carbocycles. The van der Waals surface area contributed by atoms with Crippen LogP contribution in [0.2, 0.25) is 0 Å². The van der Waals surface area contributed by atoms with Gasteiger partial charge in [0.15, 0.2) is 0 Å². The second-order valence-electron chi connectivity index (χ2n) is 5.74. The van der Waals surface area contributed by atoms with Gasteiger partial charge in [-0.15, -0.1) is 0 Å². The fraction of sp³-hybridized carbons (Fsp3) is 0.500. The van der Waals surface area contributed by atoms with Gasteiger partial charge >= 0.3 is 12.0 Å². The van der Waals surface area contributed by atoms with Gasteiger partial charge in [-0.1, -0.05) is 6.92 Å². The number of methoxy groups -OCH3 is 1. The number of hydrogen-bond acceptors (Lipinski definition) is 3. The van der Waals surface area contributed by atoms with Crippen molar-refractivity contribution in [1.82, 2.24) is 5.32 Å². The first-order valence-corrected chi connectivity index (χ1v) is 7.45. The van der Waals surface area contributed by atoms with E-state index in [1.165, 1.54) is 19.2 Å². The molecule has 1 aromatic rings. The summed E-state index contributed by atoms with van der Waals surface area (Å²) >= 11 is 0. The number of anilines is 1. The Morgan fingerprint density at radius 1 is 1.23 bits per heavy atom. The van der Waals surface area contributed by atoms with Crippen LogP contribution >= 0.6 is 0 Å². The van der Waals surface area contributed by atoms with Crippen LogP contribution in [0.1, 0.15) is 43.0 Å². The van der Waals surface area contributed by atoms with E-state index in [-0.39, 0.29) is 17.3 Å². The van der Waals surface area contributed by atoms with Gasteiger partial charge in [-0.25, -0.2) is 14.0 Å². The number of carbonyl (C=O) groups is 2. The topological polar surface area (TPSA) is 67.4 Å². The lowest BCUT2D eigenvalue weighted by molar-refractivity contribution is 0.0600. The molecule has 1 aliphatic rings. The van der Waals surface area contributed by atoms with Crippen LogP contribution in [-0.2, 0) is 4.74 Å². The van der Waals surface area contributed by atoms with Crippen LogP contribution in [-0.4, -0.2) is 25.2 Å². The second kappa shape index (κ2) is 7.24. The molecule has 0 spiro atoms. The van der Waals surface area contributed by atoms with E-state index in [0.29, 0.717) is 5.92 Å². The molecule has 1 fully saturated rings. The lowest BCUT2D eigenvalue weighted by Crippen LogP contribution is -2.40. The largest absolute Gasteiger partial charge is 0.465 e. The van der Waals surface area contributed by atoms with Gasteiger partial charge in [-0.2, -0.15) is 0 Å². The Labute approximate surface area is 129 Å². The highest BCUT2D eigenvalue weighted by Crippen LogP contribution is 2.23. The summed E-state index contributed by atoms with van der Waals surface area (Å²) in [5, 5.41) is 5.30. The Kier molecular flexibility index (Phi) is 5.35. The maximum absolute atomic E-state index is 13.7. The van der Waals surface area contributed by atoms with Crippen LogP contribution in [0, 0.1) is 11.7 Å². The number of esters is 1. The van der Waals surface area contributed by atoms with Gasteiger partial charge in [0, 0.05) is 6.04 Å². The fourth-order valence-electron chi connectivity index (χ4n) is 2.61. The molecule has 2 amide bonds. The standard InChI is InChI=1S/C16H21FN2O3/c1-10-3-6-12(7-4-10)18-16(21)19-14-9-11(15(20)22-2)5-8-13(14)17/h5,8-10,12H,3-4,6-7H2,1-2H3,(H2,18,19,21). The van der Waals surface area contributed by atoms with Gasteiger partial charge in [0.25, 0.3) is 0 Å². The monoisotopic (exact) mass is 308 g/mol. The molecule has 0 aliphatic heterocycles. The van der Waals surface area contributed by atoms with Gasteiger partial charge < -0.3 is 15.4 Å². The van der Waals surface area contributed by atoms with Crippen LogP contribution in [0.4, 0.5) is 14.9 Å². The normalized spacial score (nSPS) is 21.0. The zero-order valence-corrected chi connectivity index (χ0v) is 12.8. The van der Waals surface area contributed by atoms with Crippen LogP contribution in [0.3, 0.4) is 0 Å². The molecular weight excluding hydrogens is 287 g/mol. The lowest BCUT2D eigenvalue weighted by Gasteiger charge is -2.26. The van der Waals surface area contributed by atoms with Crippen LogP contribution < -0.4 is 10.6 Å². The SMILES string of the molecule is COC(=O)c1ccc(F)c(NC(=O)NC2CCC(C)CC2)c1. The number of ether oxygens (including phenoxy) is 1. The van der Waals surface area contributed by atoms with Crippen molar-refractivity contribution in [3.63, 3.8) is 0 Å². The van der Waals surface area contributed by atoms with E-state index in [4.69, 9.17) is 0 Å². The molecule has 0 heterocycles. The Hall–Kier alpha value is -2.11. The molecule has 2 rings (SSSR count). The maximum Gasteiger partial charge on any atom is 0.337 e. The number of amides is 2. The molecule has 1 aromatic carbocycles. The van der Waals surface area contributed by atoms with Gasteiger partial charge in [-0.3, -0.25) is 0 Å². The number of hydrogen-bond donors (Lipinski definition) is 2. The molecule has 120 valence electrons. The highest BCUT2D eigenvalue weighted by Gasteiger charge is 2.20. The quantitative estimate of drug-likeness (QED) is 0.842. The first kappa shape index (κ1) is 16.3. The van der Waals surface area contributed by atoms with Crippen molar-refractivity contribution < 1.29 is 18.7 Å². The zero-order valence-electron chi connectivity index (χ0n) is 12.8. The summed E-state index contributed by atoms with van der Waals surface area (Å²) in [7, 11) is 1.25. The highest BCUT2D eigenvalue weighted by molar-refractivity contribution is 5.94. The molecular formula is C16H21FN2O3. The third kappa shape index (κ3) is 4.19. The van der Waals surface area contributed by atoms with E-state index >= 15 is 0 Å². The minimum Gasteiger partial charge on any atom is -0.465 e. The number of urea groups is 1. The summed E-state index contributed by atoms with van der Waals surface area (Å²) in [5.41, 5.74) is 0.148. The van der Waals surface area contributed by atoms with E-state index in [1.807, 2.05) is 0 Å². The van der Waals surface area contributed by atoms with Gasteiger partial charge in [-0.05, 0) is 49.8 Å². The van der Waals surface area contributed by atoms with Crippen molar-refractivity contribution in [2.24, 2.45) is 5.92 Å². The van der Waals surface area contributed by atoms with Crippen LogP contribution in [0.5, 0.6) is 0 Å². The minimum atomic E-state index is -0.597. The zero-order chi connectivity index (χ0) is 16.1. The first-order chi connectivity index (χ1) is 10.5. The molecule has 5 nitrogen and oxygen atoms in total. The van der Waals surface area contributed by atoms with Crippen molar-refractivity contribution in [1.29, 1.82) is 0 Å². The van der Waals surface area contributed by atoms with E-state index < -0.39 is 17.8 Å². The lowest BCUT2D eigenvalue weighted by atomic mass is 9.87. The van der Waals surface area contributed by atoms with Gasteiger partial charge in [0.05, 0.1) is 18.4 Å². The highest BCUT2D eigenvalue weighted by atomic mass is 19.1. The van der Waals surface area contributed by atoms with Crippen LogP contribution in [0.25, 0.3) is 0 Å². The van der Waals surface area contributed by atoms with Crippen molar-refractivity contribution in [2.45, 2.75) is 38.6 Å². The number of halogens is 1. The van der Waals surface area contributed by atoms with E-state index in [9.17, 15) is 14.0 Å².